The van der Waals surface area contributed by atoms with Crippen molar-refractivity contribution in [2.45, 2.75) is 38.3 Å². The molecule has 2 rings (SSSR count). The second-order valence-corrected chi connectivity index (χ2v) is 10.5. The van der Waals surface area contributed by atoms with Gasteiger partial charge in [-0.3, -0.25) is 9.59 Å². The van der Waals surface area contributed by atoms with Crippen molar-refractivity contribution in [1.29, 1.82) is 0 Å². The van der Waals surface area contributed by atoms with Crippen LogP contribution in [0.5, 0.6) is 0 Å². The van der Waals surface area contributed by atoms with Crippen LogP contribution in [-0.4, -0.2) is 55.6 Å². The Morgan fingerprint density at radius 2 is 1.59 bits per heavy atom. The van der Waals surface area contributed by atoms with E-state index in [0.29, 0.717) is 11.6 Å². The highest BCUT2D eigenvalue weighted by Crippen LogP contribution is 2.18. The van der Waals surface area contributed by atoms with Crippen LogP contribution in [0.1, 0.15) is 26.3 Å². The summed E-state index contributed by atoms with van der Waals surface area (Å²) in [7, 11) is -2.56. The number of rotatable bonds is 10. The predicted molar refractivity (Wildman–Crippen MR) is 126 cm³/mol. The summed E-state index contributed by atoms with van der Waals surface area (Å²) in [5.41, 5.74) is 0.840. The first-order chi connectivity index (χ1) is 15.0. The molecule has 1 unspecified atom stereocenters. The summed E-state index contributed by atoms with van der Waals surface area (Å²) in [5, 5.41) is 3.26. The molecule has 0 bridgehead atoms. The number of hydrogen-bond acceptors (Lipinski definition) is 4. The van der Waals surface area contributed by atoms with Gasteiger partial charge >= 0.3 is 0 Å². The number of benzene rings is 2. The minimum atomic E-state index is -3.90. The number of likely N-dealkylation sites (N-methyl/N-ethyl adjacent to an activating group) is 1. The molecule has 1 N–H and O–H groups in total. The third-order valence-electron chi connectivity index (χ3n) is 4.93. The lowest BCUT2D eigenvalue weighted by molar-refractivity contribution is -0.140. The summed E-state index contributed by atoms with van der Waals surface area (Å²) in [4.78, 5) is 27.3. The summed E-state index contributed by atoms with van der Waals surface area (Å²) in [6, 6.07) is 14.2. The molecule has 0 spiro atoms. The van der Waals surface area contributed by atoms with Crippen molar-refractivity contribution in [3.8, 4) is 0 Å². The molecule has 7 nitrogen and oxygen atoms in total. The number of hydrogen-bond donors (Lipinski definition) is 1. The van der Waals surface area contributed by atoms with Gasteiger partial charge in [0.2, 0.25) is 21.8 Å². The van der Waals surface area contributed by atoms with E-state index in [4.69, 9.17) is 11.6 Å². The zero-order valence-electron chi connectivity index (χ0n) is 18.8. The molecule has 0 aliphatic heterocycles. The third kappa shape index (κ3) is 7.05. The van der Waals surface area contributed by atoms with Crippen LogP contribution in [0.3, 0.4) is 0 Å². The topological polar surface area (TPSA) is 86.8 Å². The lowest BCUT2D eigenvalue weighted by atomic mass is 10.1. The van der Waals surface area contributed by atoms with E-state index in [1.54, 1.807) is 6.92 Å². The van der Waals surface area contributed by atoms with Crippen molar-refractivity contribution >= 4 is 33.4 Å². The van der Waals surface area contributed by atoms with Crippen LogP contribution in [0.2, 0.25) is 5.02 Å². The van der Waals surface area contributed by atoms with Crippen molar-refractivity contribution in [2.75, 3.05) is 20.1 Å². The first kappa shape index (κ1) is 25.8. The molecule has 1 atom stereocenters. The van der Waals surface area contributed by atoms with E-state index in [9.17, 15) is 18.0 Å². The number of sulfonamides is 1. The zero-order chi connectivity index (χ0) is 23.9. The summed E-state index contributed by atoms with van der Waals surface area (Å²) in [6.07, 6.45) is 0. The van der Waals surface area contributed by atoms with Gasteiger partial charge in [-0.1, -0.05) is 55.8 Å². The van der Waals surface area contributed by atoms with Crippen LogP contribution in [0.15, 0.2) is 59.5 Å². The Balaban J connectivity index is 2.22. The van der Waals surface area contributed by atoms with Gasteiger partial charge < -0.3 is 10.2 Å². The van der Waals surface area contributed by atoms with E-state index >= 15 is 0 Å². The molecule has 0 aliphatic carbocycles. The number of carbonyl (C=O) groups is 2. The normalized spacial score (nSPS) is 12.6. The fraction of sp³-hybridized carbons (Fsp3) is 0.391. The van der Waals surface area contributed by atoms with Gasteiger partial charge in [-0.2, -0.15) is 4.31 Å². The molecule has 0 aliphatic rings. The summed E-state index contributed by atoms with van der Waals surface area (Å²) >= 11 is 5.85. The molecule has 2 aromatic carbocycles. The first-order valence-corrected chi connectivity index (χ1v) is 12.2. The van der Waals surface area contributed by atoms with Crippen molar-refractivity contribution in [1.82, 2.24) is 14.5 Å². The second-order valence-electron chi connectivity index (χ2n) is 8.04. The molecule has 174 valence electrons. The fourth-order valence-corrected chi connectivity index (χ4v) is 4.21. The Bertz CT molecular complexity index is 1010. The highest BCUT2D eigenvalue weighted by Gasteiger charge is 2.30. The zero-order valence-corrected chi connectivity index (χ0v) is 20.4. The van der Waals surface area contributed by atoms with E-state index in [-0.39, 0.29) is 23.3 Å². The molecule has 0 saturated heterocycles. The van der Waals surface area contributed by atoms with E-state index < -0.39 is 28.5 Å². The molecular weight excluding hydrogens is 450 g/mol. The summed E-state index contributed by atoms with van der Waals surface area (Å²) in [5.74, 6) is -0.493. The molecular formula is C23H30ClN3O4S. The van der Waals surface area contributed by atoms with Crippen molar-refractivity contribution in [2.24, 2.45) is 5.92 Å². The van der Waals surface area contributed by atoms with Crippen LogP contribution in [0.25, 0.3) is 0 Å². The highest BCUT2D eigenvalue weighted by molar-refractivity contribution is 7.89. The number of halogens is 1. The Morgan fingerprint density at radius 1 is 1.00 bits per heavy atom. The Kier molecular flexibility index (Phi) is 9.24. The Labute approximate surface area is 195 Å². The lowest BCUT2D eigenvalue weighted by Gasteiger charge is -2.30. The van der Waals surface area contributed by atoms with Crippen molar-refractivity contribution in [3.63, 3.8) is 0 Å². The second kappa shape index (κ2) is 11.4. The maximum Gasteiger partial charge on any atom is 0.243 e. The van der Waals surface area contributed by atoms with Crippen molar-refractivity contribution in [3.05, 3.63) is 65.2 Å². The van der Waals surface area contributed by atoms with E-state index in [1.165, 1.54) is 36.2 Å². The van der Waals surface area contributed by atoms with E-state index in [2.05, 4.69) is 5.32 Å². The fourth-order valence-electron chi connectivity index (χ4n) is 2.97. The average Bonchev–Trinajstić information content (AvgIpc) is 2.76. The summed E-state index contributed by atoms with van der Waals surface area (Å²) < 4.78 is 26.7. The first-order valence-electron chi connectivity index (χ1n) is 10.4. The van der Waals surface area contributed by atoms with Gasteiger partial charge in [-0.25, -0.2) is 8.42 Å². The van der Waals surface area contributed by atoms with Gasteiger partial charge in [0.15, 0.2) is 0 Å². The molecule has 0 radical (unpaired) electrons. The van der Waals surface area contributed by atoms with Crippen LogP contribution in [0.4, 0.5) is 0 Å². The highest BCUT2D eigenvalue weighted by atomic mass is 35.5. The minimum absolute atomic E-state index is 0.0366. The van der Waals surface area contributed by atoms with Crippen molar-refractivity contribution < 1.29 is 18.0 Å². The molecule has 0 fully saturated rings. The largest absolute Gasteiger partial charge is 0.354 e. The van der Waals surface area contributed by atoms with E-state index in [1.807, 2.05) is 44.2 Å². The van der Waals surface area contributed by atoms with Gasteiger partial charge in [-0.15, -0.1) is 0 Å². The van der Waals surface area contributed by atoms with E-state index in [0.717, 1.165) is 9.87 Å². The van der Waals surface area contributed by atoms with Gasteiger partial charge in [-0.05, 0) is 42.7 Å². The third-order valence-corrected chi connectivity index (χ3v) is 7.00. The lowest BCUT2D eigenvalue weighted by Crippen LogP contribution is -2.51. The number of nitrogens with one attached hydrogen (secondary N) is 1. The quantitative estimate of drug-likeness (QED) is 0.567. The molecule has 32 heavy (non-hydrogen) atoms. The smallest absolute Gasteiger partial charge is 0.243 e. The number of nitrogens with zero attached hydrogens (tertiary/aromatic N) is 2. The summed E-state index contributed by atoms with van der Waals surface area (Å²) in [6.45, 7) is 5.87. The molecule has 0 heterocycles. The monoisotopic (exact) mass is 479 g/mol. The Morgan fingerprint density at radius 3 is 2.16 bits per heavy atom. The minimum Gasteiger partial charge on any atom is -0.354 e. The molecule has 0 aromatic heterocycles. The number of amides is 2. The average molecular weight is 480 g/mol. The van der Waals surface area contributed by atoms with Crippen LogP contribution in [-0.2, 0) is 26.2 Å². The molecule has 9 heteroatoms. The standard InChI is InChI=1S/C23H30ClN3O4S/c1-17(2)14-25-23(29)18(3)27(15-19-8-6-5-7-9-19)22(28)16-26(4)32(30,31)21-12-10-20(24)11-13-21/h5-13,17-18H,14-16H2,1-4H3,(H,25,29). The van der Waals surface area contributed by atoms with Gasteiger partial charge in [0.25, 0.3) is 0 Å². The SMILES string of the molecule is CC(C)CNC(=O)C(C)N(Cc1ccccc1)C(=O)CN(C)S(=O)(=O)c1ccc(Cl)cc1. The van der Waals surface area contributed by atoms with Crippen LogP contribution < -0.4 is 5.32 Å². The number of carbonyl (C=O) groups excluding carboxylic acids is 2. The van der Waals surface area contributed by atoms with Crippen LogP contribution in [0, 0.1) is 5.92 Å². The van der Waals surface area contributed by atoms with Gasteiger partial charge in [0.05, 0.1) is 11.4 Å². The molecule has 0 saturated carbocycles. The maximum absolute atomic E-state index is 13.2. The Hall–Kier alpha value is -2.42. The molecule has 2 amide bonds. The maximum atomic E-state index is 13.2. The predicted octanol–water partition coefficient (Wildman–Crippen LogP) is 3.15. The van der Waals surface area contributed by atoms with Crippen LogP contribution >= 0.6 is 11.6 Å². The van der Waals surface area contributed by atoms with Gasteiger partial charge in [0, 0.05) is 25.2 Å². The molecule has 2 aromatic rings. The van der Waals surface area contributed by atoms with Gasteiger partial charge in [0.1, 0.15) is 6.04 Å².